The summed E-state index contributed by atoms with van der Waals surface area (Å²) in [4.78, 5) is 16.3. The van der Waals surface area contributed by atoms with E-state index in [0.717, 1.165) is 24.0 Å². The molecule has 0 fully saturated rings. The third-order valence-corrected chi connectivity index (χ3v) is 3.56. The summed E-state index contributed by atoms with van der Waals surface area (Å²) >= 11 is 6.06. The molecular formula is C14H18ClN3O. The molecule has 2 rings (SSSR count). The van der Waals surface area contributed by atoms with Gasteiger partial charge in [-0.1, -0.05) is 6.92 Å². The van der Waals surface area contributed by atoms with E-state index in [1.54, 1.807) is 6.07 Å². The predicted molar refractivity (Wildman–Crippen MR) is 77.6 cm³/mol. The minimum Gasteiger partial charge on any atom is -0.350 e. The first kappa shape index (κ1) is 13.9. The molecular weight excluding hydrogens is 262 g/mol. The number of nitrogens with one attached hydrogen (secondary N) is 1. The van der Waals surface area contributed by atoms with E-state index in [2.05, 4.69) is 10.3 Å². The fraction of sp³-hybridized carbons (Fsp3) is 0.429. The number of fused-ring (bicyclic) bond motifs is 1. The highest BCUT2D eigenvalue weighted by Crippen LogP contribution is 2.21. The first-order chi connectivity index (χ1) is 9.06. The smallest absolute Gasteiger partial charge is 0.251 e. The van der Waals surface area contributed by atoms with E-state index in [4.69, 9.17) is 11.6 Å². The number of imidazole rings is 1. The molecule has 5 heteroatoms. The van der Waals surface area contributed by atoms with Crippen molar-refractivity contribution in [3.63, 3.8) is 0 Å². The molecule has 0 aliphatic carbocycles. The van der Waals surface area contributed by atoms with E-state index in [1.165, 1.54) is 0 Å². The molecule has 0 bridgehead atoms. The maximum Gasteiger partial charge on any atom is 0.251 e. The minimum atomic E-state index is -0.0709. The number of hydrogen-bond acceptors (Lipinski definition) is 2. The van der Waals surface area contributed by atoms with E-state index in [-0.39, 0.29) is 11.9 Å². The van der Waals surface area contributed by atoms with Crippen molar-refractivity contribution < 1.29 is 4.79 Å². The molecule has 1 aromatic heterocycles. The van der Waals surface area contributed by atoms with Crippen LogP contribution in [-0.4, -0.2) is 21.5 Å². The summed E-state index contributed by atoms with van der Waals surface area (Å²) in [7, 11) is 0. The largest absolute Gasteiger partial charge is 0.350 e. The zero-order valence-electron chi connectivity index (χ0n) is 11.4. The highest BCUT2D eigenvalue weighted by atomic mass is 35.5. The van der Waals surface area contributed by atoms with E-state index in [1.807, 2.05) is 37.5 Å². The van der Waals surface area contributed by atoms with Crippen LogP contribution in [0.5, 0.6) is 0 Å². The van der Waals surface area contributed by atoms with Gasteiger partial charge in [-0.25, -0.2) is 4.98 Å². The molecule has 19 heavy (non-hydrogen) atoms. The maximum absolute atomic E-state index is 12.0. The van der Waals surface area contributed by atoms with E-state index < -0.39 is 0 Å². The van der Waals surface area contributed by atoms with Gasteiger partial charge in [0.05, 0.1) is 11.0 Å². The molecule has 0 saturated heterocycles. The molecule has 0 aliphatic rings. The Bertz CT molecular complexity index is 606. The van der Waals surface area contributed by atoms with Gasteiger partial charge in [0.2, 0.25) is 5.28 Å². The fourth-order valence-corrected chi connectivity index (χ4v) is 2.25. The second-order valence-corrected chi connectivity index (χ2v) is 4.95. The average molecular weight is 280 g/mol. The van der Waals surface area contributed by atoms with Crippen LogP contribution >= 0.6 is 11.6 Å². The number of benzene rings is 1. The molecule has 1 heterocycles. The molecule has 0 aliphatic heterocycles. The minimum absolute atomic E-state index is 0.0709. The summed E-state index contributed by atoms with van der Waals surface area (Å²) in [5.74, 6) is -0.0709. The Hall–Kier alpha value is -1.55. The van der Waals surface area contributed by atoms with Crippen LogP contribution < -0.4 is 5.32 Å². The topological polar surface area (TPSA) is 46.9 Å². The lowest BCUT2D eigenvalue weighted by Gasteiger charge is -2.11. The van der Waals surface area contributed by atoms with Gasteiger partial charge in [-0.15, -0.1) is 0 Å². The maximum atomic E-state index is 12.0. The summed E-state index contributed by atoms with van der Waals surface area (Å²) < 4.78 is 1.91. The molecule has 0 spiro atoms. The van der Waals surface area contributed by atoms with Gasteiger partial charge in [-0.05, 0) is 50.1 Å². The van der Waals surface area contributed by atoms with Crippen molar-refractivity contribution in [1.29, 1.82) is 0 Å². The van der Waals surface area contributed by atoms with Crippen LogP contribution in [0.4, 0.5) is 0 Å². The quantitative estimate of drug-likeness (QED) is 0.934. The molecule has 1 atom stereocenters. The second-order valence-electron chi connectivity index (χ2n) is 4.61. The summed E-state index contributed by atoms with van der Waals surface area (Å²) in [6, 6.07) is 5.65. The third-order valence-electron chi connectivity index (χ3n) is 3.27. The lowest BCUT2D eigenvalue weighted by atomic mass is 10.1. The van der Waals surface area contributed by atoms with Crippen LogP contribution in [-0.2, 0) is 6.54 Å². The van der Waals surface area contributed by atoms with Crippen LogP contribution in [0, 0.1) is 0 Å². The van der Waals surface area contributed by atoms with Crippen molar-refractivity contribution in [2.45, 2.75) is 39.8 Å². The highest BCUT2D eigenvalue weighted by Gasteiger charge is 2.12. The molecule has 102 valence electrons. The Labute approximate surface area is 117 Å². The number of halogens is 1. The number of carbonyl (C=O) groups excluding carboxylic acids is 1. The molecule has 4 nitrogen and oxygen atoms in total. The van der Waals surface area contributed by atoms with Crippen LogP contribution in [0.3, 0.4) is 0 Å². The average Bonchev–Trinajstić information content (AvgIpc) is 2.72. The summed E-state index contributed by atoms with van der Waals surface area (Å²) in [5, 5.41) is 3.39. The number of hydrogen-bond donors (Lipinski definition) is 1. The van der Waals surface area contributed by atoms with Crippen LogP contribution in [0.1, 0.15) is 37.6 Å². The molecule has 2 aromatic rings. The van der Waals surface area contributed by atoms with Crippen LogP contribution in [0.25, 0.3) is 11.0 Å². The van der Waals surface area contributed by atoms with Gasteiger partial charge in [-0.3, -0.25) is 4.79 Å². The first-order valence-electron chi connectivity index (χ1n) is 6.53. The Morgan fingerprint density at radius 3 is 2.84 bits per heavy atom. The number of amides is 1. The Kier molecular flexibility index (Phi) is 4.10. The van der Waals surface area contributed by atoms with Crippen molar-refractivity contribution in [1.82, 2.24) is 14.9 Å². The molecule has 0 saturated carbocycles. The number of aryl methyl sites for hydroxylation is 1. The zero-order valence-corrected chi connectivity index (χ0v) is 12.2. The molecule has 1 N–H and O–H groups in total. The van der Waals surface area contributed by atoms with Crippen LogP contribution in [0.15, 0.2) is 18.2 Å². The fourth-order valence-electron chi connectivity index (χ4n) is 1.95. The zero-order chi connectivity index (χ0) is 14.0. The monoisotopic (exact) mass is 279 g/mol. The van der Waals surface area contributed by atoms with E-state index in [9.17, 15) is 4.79 Å². The number of aromatic nitrogens is 2. The van der Waals surface area contributed by atoms with E-state index >= 15 is 0 Å². The van der Waals surface area contributed by atoms with Gasteiger partial charge in [0.1, 0.15) is 0 Å². The van der Waals surface area contributed by atoms with Crippen molar-refractivity contribution in [2.24, 2.45) is 0 Å². The van der Waals surface area contributed by atoms with E-state index in [0.29, 0.717) is 10.8 Å². The van der Waals surface area contributed by atoms with Crippen molar-refractivity contribution in [2.75, 3.05) is 0 Å². The molecule has 1 amide bonds. The van der Waals surface area contributed by atoms with Gasteiger partial charge < -0.3 is 9.88 Å². The normalized spacial score (nSPS) is 12.6. The first-order valence-corrected chi connectivity index (χ1v) is 6.91. The third kappa shape index (κ3) is 2.73. The van der Waals surface area contributed by atoms with Gasteiger partial charge in [0, 0.05) is 18.2 Å². The van der Waals surface area contributed by atoms with Crippen molar-refractivity contribution in [3.8, 4) is 0 Å². The summed E-state index contributed by atoms with van der Waals surface area (Å²) in [6.45, 7) is 6.79. The summed E-state index contributed by atoms with van der Waals surface area (Å²) in [6.07, 6.45) is 0.907. The predicted octanol–water partition coefficient (Wildman–Crippen LogP) is 3.24. The molecule has 0 radical (unpaired) electrons. The molecule has 0 unspecified atom stereocenters. The number of carbonyl (C=O) groups is 1. The lowest BCUT2D eigenvalue weighted by molar-refractivity contribution is 0.0939. The molecule has 1 aromatic carbocycles. The van der Waals surface area contributed by atoms with Gasteiger partial charge in [0.25, 0.3) is 5.91 Å². The SMILES string of the molecule is CC[C@@H](C)NC(=O)c1ccc2c(c1)nc(Cl)n2CC. The van der Waals surface area contributed by atoms with Gasteiger partial charge in [-0.2, -0.15) is 0 Å². The highest BCUT2D eigenvalue weighted by molar-refractivity contribution is 6.29. The number of nitrogens with zero attached hydrogens (tertiary/aromatic N) is 2. The Morgan fingerprint density at radius 2 is 2.21 bits per heavy atom. The summed E-state index contributed by atoms with van der Waals surface area (Å²) in [5.41, 5.74) is 2.32. The van der Waals surface area contributed by atoms with Crippen molar-refractivity contribution in [3.05, 3.63) is 29.0 Å². The second kappa shape index (κ2) is 5.61. The number of rotatable bonds is 4. The lowest BCUT2D eigenvalue weighted by Crippen LogP contribution is -2.31. The van der Waals surface area contributed by atoms with Crippen molar-refractivity contribution >= 4 is 28.5 Å². The van der Waals surface area contributed by atoms with Gasteiger partial charge >= 0.3 is 0 Å². The Balaban J connectivity index is 2.34. The Morgan fingerprint density at radius 1 is 1.47 bits per heavy atom. The standard InChI is InChI=1S/C14H18ClN3O/c1-4-9(3)16-13(19)10-6-7-12-11(8-10)17-14(15)18(12)5-2/h6-9H,4-5H2,1-3H3,(H,16,19)/t9-/m1/s1. The van der Waals surface area contributed by atoms with Crippen LogP contribution in [0.2, 0.25) is 5.28 Å². The van der Waals surface area contributed by atoms with Gasteiger partial charge in [0.15, 0.2) is 0 Å².